The van der Waals surface area contributed by atoms with Crippen LogP contribution in [-0.4, -0.2) is 19.5 Å². The quantitative estimate of drug-likeness (QED) is 0.482. The van der Waals surface area contributed by atoms with Gasteiger partial charge in [0.1, 0.15) is 5.78 Å². The summed E-state index contributed by atoms with van der Waals surface area (Å²) in [6, 6.07) is 0. The van der Waals surface area contributed by atoms with Crippen molar-refractivity contribution in [1.29, 1.82) is 0 Å². The summed E-state index contributed by atoms with van der Waals surface area (Å²) in [7, 11) is 1.72. The van der Waals surface area contributed by atoms with Gasteiger partial charge in [0.05, 0.1) is 0 Å². The van der Waals surface area contributed by atoms with E-state index >= 15 is 0 Å². The smallest absolute Gasteiger partial charge is 0.136 e. The van der Waals surface area contributed by atoms with Gasteiger partial charge in [-0.3, -0.25) is 4.79 Å². The van der Waals surface area contributed by atoms with E-state index in [1.807, 2.05) is 6.08 Å². The van der Waals surface area contributed by atoms with E-state index in [4.69, 9.17) is 4.74 Å². The Hall–Kier alpha value is -0.630. The van der Waals surface area contributed by atoms with Crippen LogP contribution in [0.2, 0.25) is 0 Å². The van der Waals surface area contributed by atoms with Crippen LogP contribution in [-0.2, 0) is 9.53 Å². The minimum Gasteiger partial charge on any atom is -0.385 e. The maximum Gasteiger partial charge on any atom is 0.136 e. The van der Waals surface area contributed by atoms with Crippen molar-refractivity contribution in [2.45, 2.75) is 32.1 Å². The van der Waals surface area contributed by atoms with Crippen LogP contribution < -0.4 is 0 Å². The number of carbonyl (C=O) groups is 1. The van der Waals surface area contributed by atoms with Gasteiger partial charge in [-0.15, -0.1) is 6.58 Å². The Bertz CT molecular complexity index is 198. The Morgan fingerprint density at radius 2 is 2.43 bits per heavy atom. The molecule has 0 heterocycles. The van der Waals surface area contributed by atoms with Crippen LogP contribution in [0.25, 0.3) is 0 Å². The first-order chi connectivity index (χ1) is 6.79. The number of allylic oxidation sites excluding steroid dienone is 1. The lowest BCUT2D eigenvalue weighted by molar-refractivity contribution is -0.121. The number of rotatable bonds is 6. The summed E-state index contributed by atoms with van der Waals surface area (Å²) >= 11 is 0. The van der Waals surface area contributed by atoms with Crippen molar-refractivity contribution < 1.29 is 9.53 Å². The van der Waals surface area contributed by atoms with Crippen molar-refractivity contribution in [2.75, 3.05) is 13.7 Å². The predicted molar refractivity (Wildman–Crippen MR) is 57.1 cm³/mol. The second-order valence-corrected chi connectivity index (χ2v) is 4.03. The molecule has 2 heteroatoms. The van der Waals surface area contributed by atoms with Crippen LogP contribution in [0.4, 0.5) is 0 Å². The maximum absolute atomic E-state index is 11.5. The molecule has 14 heavy (non-hydrogen) atoms. The summed E-state index contributed by atoms with van der Waals surface area (Å²) < 4.78 is 5.02. The van der Waals surface area contributed by atoms with E-state index in [1.54, 1.807) is 7.11 Å². The van der Waals surface area contributed by atoms with Gasteiger partial charge in [0.2, 0.25) is 0 Å². The highest BCUT2D eigenvalue weighted by Gasteiger charge is 2.32. The lowest BCUT2D eigenvalue weighted by atomic mass is 9.89. The van der Waals surface area contributed by atoms with Crippen molar-refractivity contribution >= 4 is 5.78 Å². The lowest BCUT2D eigenvalue weighted by Gasteiger charge is -2.16. The van der Waals surface area contributed by atoms with Gasteiger partial charge in [-0.05, 0) is 31.6 Å². The van der Waals surface area contributed by atoms with Crippen LogP contribution in [0.5, 0.6) is 0 Å². The first kappa shape index (κ1) is 11.4. The highest BCUT2D eigenvalue weighted by molar-refractivity contribution is 5.83. The lowest BCUT2D eigenvalue weighted by Crippen LogP contribution is -2.14. The van der Waals surface area contributed by atoms with Gasteiger partial charge in [-0.2, -0.15) is 0 Å². The molecule has 0 bridgehead atoms. The Morgan fingerprint density at radius 3 is 3.07 bits per heavy atom. The second-order valence-electron chi connectivity index (χ2n) is 4.03. The maximum atomic E-state index is 11.5. The van der Waals surface area contributed by atoms with Gasteiger partial charge >= 0.3 is 0 Å². The van der Waals surface area contributed by atoms with E-state index in [-0.39, 0.29) is 5.92 Å². The topological polar surface area (TPSA) is 26.3 Å². The van der Waals surface area contributed by atoms with Crippen LogP contribution in [0, 0.1) is 11.8 Å². The molecule has 0 aliphatic heterocycles. The summed E-state index contributed by atoms with van der Waals surface area (Å²) in [6.07, 6.45) is 6.77. The standard InChI is InChI=1S/C12H20O2/c1-3-5-11-10(6-4-9-14-2)7-8-12(11)13/h3,10-11H,1,4-9H2,2H3/t10-,11?/m1/s1. The Kier molecular flexibility index (Phi) is 4.88. The molecule has 0 saturated heterocycles. The Morgan fingerprint density at radius 1 is 1.64 bits per heavy atom. The Balaban J connectivity index is 2.35. The molecule has 0 amide bonds. The van der Waals surface area contributed by atoms with Crippen molar-refractivity contribution in [1.82, 2.24) is 0 Å². The largest absolute Gasteiger partial charge is 0.385 e. The molecule has 1 aliphatic rings. The number of ketones is 1. The normalized spacial score (nSPS) is 26.8. The fourth-order valence-corrected chi connectivity index (χ4v) is 2.32. The minimum atomic E-state index is 0.254. The third-order valence-corrected chi connectivity index (χ3v) is 3.09. The number of hydrogen-bond acceptors (Lipinski definition) is 2. The molecule has 1 rings (SSSR count). The Labute approximate surface area is 86.3 Å². The summed E-state index contributed by atoms with van der Waals surface area (Å²) in [5.74, 6) is 1.27. The zero-order chi connectivity index (χ0) is 10.4. The van der Waals surface area contributed by atoms with Crippen molar-refractivity contribution in [3.8, 4) is 0 Å². The van der Waals surface area contributed by atoms with E-state index in [2.05, 4.69) is 6.58 Å². The van der Waals surface area contributed by atoms with Crippen LogP contribution in [0.15, 0.2) is 12.7 Å². The molecule has 0 aromatic heterocycles. The van der Waals surface area contributed by atoms with E-state index < -0.39 is 0 Å². The fraction of sp³-hybridized carbons (Fsp3) is 0.750. The zero-order valence-electron chi connectivity index (χ0n) is 9.00. The molecule has 0 N–H and O–H groups in total. The van der Waals surface area contributed by atoms with E-state index in [9.17, 15) is 4.79 Å². The van der Waals surface area contributed by atoms with Gasteiger partial charge in [0, 0.05) is 26.1 Å². The first-order valence-corrected chi connectivity index (χ1v) is 5.42. The van der Waals surface area contributed by atoms with Gasteiger partial charge in [-0.25, -0.2) is 0 Å². The highest BCUT2D eigenvalue weighted by atomic mass is 16.5. The first-order valence-electron chi connectivity index (χ1n) is 5.42. The third kappa shape index (κ3) is 2.95. The van der Waals surface area contributed by atoms with E-state index in [0.717, 1.165) is 38.7 Å². The van der Waals surface area contributed by atoms with Gasteiger partial charge in [0.25, 0.3) is 0 Å². The van der Waals surface area contributed by atoms with Gasteiger partial charge < -0.3 is 4.74 Å². The van der Waals surface area contributed by atoms with E-state index in [0.29, 0.717) is 11.7 Å². The monoisotopic (exact) mass is 196 g/mol. The average molecular weight is 196 g/mol. The molecule has 1 fully saturated rings. The molecule has 0 aromatic carbocycles. The number of Topliss-reactive ketones (excluding diaryl/α,β-unsaturated/α-hetero) is 1. The van der Waals surface area contributed by atoms with Crippen LogP contribution in [0.1, 0.15) is 32.1 Å². The van der Waals surface area contributed by atoms with Crippen molar-refractivity contribution in [3.05, 3.63) is 12.7 Å². The van der Waals surface area contributed by atoms with Crippen molar-refractivity contribution in [2.24, 2.45) is 11.8 Å². The molecule has 80 valence electrons. The minimum absolute atomic E-state index is 0.254. The SMILES string of the molecule is C=CCC1C(=O)CC[C@H]1CCCOC. The summed E-state index contributed by atoms with van der Waals surface area (Å²) in [4.78, 5) is 11.5. The molecule has 1 unspecified atom stereocenters. The molecule has 0 radical (unpaired) electrons. The number of ether oxygens (including phenoxy) is 1. The predicted octanol–water partition coefficient (Wildman–Crippen LogP) is 2.58. The molecule has 2 atom stereocenters. The highest BCUT2D eigenvalue weighted by Crippen LogP contribution is 2.34. The molecule has 1 aliphatic carbocycles. The molecule has 2 nitrogen and oxygen atoms in total. The number of methoxy groups -OCH3 is 1. The summed E-state index contributed by atoms with van der Waals surface area (Å²) in [6.45, 7) is 4.52. The average Bonchev–Trinajstić information content (AvgIpc) is 2.51. The molecule has 1 saturated carbocycles. The summed E-state index contributed by atoms with van der Waals surface area (Å²) in [5.41, 5.74) is 0. The number of hydrogen-bond donors (Lipinski definition) is 0. The van der Waals surface area contributed by atoms with Gasteiger partial charge in [0.15, 0.2) is 0 Å². The molecule has 0 spiro atoms. The molecule has 0 aromatic rings. The molecular formula is C12H20O2. The summed E-state index contributed by atoms with van der Waals surface area (Å²) in [5, 5.41) is 0. The van der Waals surface area contributed by atoms with Crippen LogP contribution in [0.3, 0.4) is 0 Å². The zero-order valence-corrected chi connectivity index (χ0v) is 9.00. The van der Waals surface area contributed by atoms with E-state index in [1.165, 1.54) is 0 Å². The number of carbonyl (C=O) groups excluding carboxylic acids is 1. The van der Waals surface area contributed by atoms with Crippen LogP contribution >= 0.6 is 0 Å². The van der Waals surface area contributed by atoms with Gasteiger partial charge in [-0.1, -0.05) is 6.08 Å². The second kappa shape index (κ2) is 5.97. The molecular weight excluding hydrogens is 176 g/mol. The van der Waals surface area contributed by atoms with Crippen molar-refractivity contribution in [3.63, 3.8) is 0 Å². The third-order valence-electron chi connectivity index (χ3n) is 3.09. The fourth-order valence-electron chi connectivity index (χ4n) is 2.32.